The third-order valence-corrected chi connectivity index (χ3v) is 6.51. The molecular formula is C14H16F3NOS2. The minimum atomic E-state index is -4.42. The van der Waals surface area contributed by atoms with Crippen molar-refractivity contribution < 1.29 is 17.4 Å². The quantitative estimate of drug-likeness (QED) is 0.840. The number of hydrogen-bond acceptors (Lipinski definition) is 2. The first-order chi connectivity index (χ1) is 9.82. The molecule has 0 saturated carbocycles. The third kappa shape index (κ3) is 2.99. The van der Waals surface area contributed by atoms with Crippen LogP contribution in [0.25, 0.3) is 0 Å². The first-order valence-electron chi connectivity index (χ1n) is 6.61. The maximum atomic E-state index is 12.9. The van der Waals surface area contributed by atoms with E-state index in [9.17, 15) is 17.4 Å². The fourth-order valence-electron chi connectivity index (χ4n) is 2.67. The molecule has 116 valence electrons. The zero-order valence-electron chi connectivity index (χ0n) is 11.5. The molecule has 1 fully saturated rings. The molecule has 7 heteroatoms. The first kappa shape index (κ1) is 16.4. The molecule has 0 radical (unpaired) electrons. The van der Waals surface area contributed by atoms with Crippen LogP contribution in [0.5, 0.6) is 0 Å². The van der Waals surface area contributed by atoms with E-state index in [1.54, 1.807) is 13.1 Å². The lowest BCUT2D eigenvalue weighted by Gasteiger charge is -2.37. The van der Waals surface area contributed by atoms with Crippen LogP contribution in [0.1, 0.15) is 30.4 Å². The molecule has 0 spiro atoms. The van der Waals surface area contributed by atoms with Gasteiger partial charge in [-0.15, -0.1) is 0 Å². The van der Waals surface area contributed by atoms with Gasteiger partial charge in [-0.3, -0.25) is 4.21 Å². The Kier molecular flexibility index (Phi) is 4.72. The molecular weight excluding hydrogens is 319 g/mol. The summed E-state index contributed by atoms with van der Waals surface area (Å²) in [4.78, 5) is 0.347. The second-order valence-electron chi connectivity index (χ2n) is 4.99. The van der Waals surface area contributed by atoms with Gasteiger partial charge in [-0.2, -0.15) is 13.2 Å². The number of halogens is 3. The van der Waals surface area contributed by atoms with E-state index in [4.69, 9.17) is 12.2 Å². The van der Waals surface area contributed by atoms with Gasteiger partial charge in [-0.05, 0) is 30.5 Å². The lowest BCUT2D eigenvalue weighted by molar-refractivity contribution is -0.137. The minimum Gasteiger partial charge on any atom is -0.381 e. The molecule has 1 aliphatic heterocycles. The summed E-state index contributed by atoms with van der Waals surface area (Å²) in [5.41, 5.74) is -0.351. The summed E-state index contributed by atoms with van der Waals surface area (Å²) in [5, 5.41) is 2.82. The molecule has 2 nitrogen and oxygen atoms in total. The van der Waals surface area contributed by atoms with E-state index in [1.807, 2.05) is 0 Å². The Hall–Kier alpha value is -0.950. The number of alkyl halides is 3. The fraction of sp³-hybridized carbons (Fsp3) is 0.500. The number of nitrogens with one attached hydrogen (secondary N) is 1. The summed E-state index contributed by atoms with van der Waals surface area (Å²) in [6.45, 7) is 0. The molecule has 0 unspecified atom stereocenters. The van der Waals surface area contributed by atoms with E-state index in [1.165, 1.54) is 6.07 Å². The van der Waals surface area contributed by atoms with E-state index in [0.717, 1.165) is 25.0 Å². The van der Waals surface area contributed by atoms with Gasteiger partial charge in [-0.25, -0.2) is 0 Å². The van der Waals surface area contributed by atoms with Crippen molar-refractivity contribution in [3.05, 3.63) is 35.4 Å². The summed E-state index contributed by atoms with van der Waals surface area (Å²) in [7, 11) is 0.291. The summed E-state index contributed by atoms with van der Waals surface area (Å²) in [6, 6.07) is 5.03. The van der Waals surface area contributed by atoms with Crippen molar-refractivity contribution in [3.63, 3.8) is 0 Å². The van der Waals surface area contributed by atoms with Crippen LogP contribution in [0, 0.1) is 0 Å². The van der Waals surface area contributed by atoms with E-state index in [0.29, 0.717) is 22.7 Å². The third-order valence-electron chi connectivity index (χ3n) is 3.75. The summed E-state index contributed by atoms with van der Waals surface area (Å²) in [6.07, 6.45) is -2.32. The fourth-order valence-corrected chi connectivity index (χ4v) is 5.05. The van der Waals surface area contributed by atoms with Crippen molar-refractivity contribution in [2.45, 2.75) is 30.2 Å². The molecule has 1 N–H and O–H groups in total. The van der Waals surface area contributed by atoms with Crippen molar-refractivity contribution in [2.75, 3.05) is 12.8 Å². The first-order valence-corrected chi connectivity index (χ1v) is 8.33. The van der Waals surface area contributed by atoms with Gasteiger partial charge in [0.2, 0.25) is 0 Å². The smallest absolute Gasteiger partial charge is 0.381 e. The zero-order chi connectivity index (χ0) is 15.7. The van der Waals surface area contributed by atoms with Crippen LogP contribution in [0.4, 0.5) is 13.2 Å². The highest BCUT2D eigenvalue weighted by Crippen LogP contribution is 2.41. The maximum absolute atomic E-state index is 12.9. The number of thiocarbonyl (C=S) groups is 1. The van der Waals surface area contributed by atoms with Crippen LogP contribution in [-0.4, -0.2) is 22.0 Å². The van der Waals surface area contributed by atoms with E-state index in [-0.39, 0.29) is 0 Å². The van der Waals surface area contributed by atoms with Crippen LogP contribution in [0.3, 0.4) is 0 Å². The van der Waals surface area contributed by atoms with Crippen molar-refractivity contribution >= 4 is 28.0 Å². The second-order valence-corrected chi connectivity index (χ2v) is 7.20. The standard InChI is InChI=1S/C14H16F3NOS2/c1-18-12(20)13(7-2-3-8-21(13)19)10-5-4-6-11(9-10)14(15,16)17/h4-6,9H,2-3,7-8H2,1H3,(H,18,20)/t13-,21-/m0/s1. The molecule has 0 aliphatic carbocycles. The SMILES string of the molecule is CNC(=S)[C@@]1(c2cccc(C(F)(F)F)c2)CCCC[S@@]1=O. The van der Waals surface area contributed by atoms with Gasteiger partial charge in [0.15, 0.2) is 0 Å². The van der Waals surface area contributed by atoms with Gasteiger partial charge in [-0.1, -0.05) is 30.8 Å². The van der Waals surface area contributed by atoms with Crippen LogP contribution in [0.2, 0.25) is 0 Å². The average molecular weight is 335 g/mol. The summed E-state index contributed by atoms with van der Waals surface area (Å²) >= 11 is 5.30. The lowest BCUT2D eigenvalue weighted by Crippen LogP contribution is -2.48. The summed E-state index contributed by atoms with van der Waals surface area (Å²) < 4.78 is 50.3. The van der Waals surface area contributed by atoms with Gasteiger partial charge in [0.25, 0.3) is 0 Å². The van der Waals surface area contributed by atoms with Gasteiger partial charge in [0.05, 0.1) is 10.6 Å². The molecule has 1 saturated heterocycles. The van der Waals surface area contributed by atoms with Crippen molar-refractivity contribution in [1.29, 1.82) is 0 Å². The highest BCUT2D eigenvalue weighted by atomic mass is 32.2. The van der Waals surface area contributed by atoms with Crippen LogP contribution >= 0.6 is 12.2 Å². The predicted octanol–water partition coefficient (Wildman–Crippen LogP) is 3.38. The van der Waals surface area contributed by atoms with Gasteiger partial charge in [0, 0.05) is 23.6 Å². The van der Waals surface area contributed by atoms with Crippen LogP contribution < -0.4 is 5.32 Å². The van der Waals surface area contributed by atoms with Crippen molar-refractivity contribution in [1.82, 2.24) is 5.32 Å². The van der Waals surface area contributed by atoms with Crippen LogP contribution in [-0.2, 0) is 21.7 Å². The normalized spacial score (nSPS) is 26.4. The predicted molar refractivity (Wildman–Crippen MR) is 81.6 cm³/mol. The van der Waals surface area contributed by atoms with E-state index >= 15 is 0 Å². The van der Waals surface area contributed by atoms with Gasteiger partial charge < -0.3 is 5.32 Å². The Balaban J connectivity index is 2.57. The molecule has 1 aromatic rings. The van der Waals surface area contributed by atoms with Gasteiger partial charge in [0.1, 0.15) is 4.75 Å². The highest BCUT2D eigenvalue weighted by Gasteiger charge is 2.45. The number of rotatable bonds is 2. The molecule has 1 aliphatic rings. The molecule has 0 amide bonds. The Bertz CT molecular complexity index is 564. The summed E-state index contributed by atoms with van der Waals surface area (Å²) in [5.74, 6) is 0.456. The van der Waals surface area contributed by atoms with E-state index < -0.39 is 27.3 Å². The molecule has 1 aromatic carbocycles. The Morgan fingerprint density at radius 3 is 2.67 bits per heavy atom. The Morgan fingerprint density at radius 1 is 1.38 bits per heavy atom. The molecule has 0 bridgehead atoms. The monoisotopic (exact) mass is 335 g/mol. The molecule has 1 heterocycles. The largest absolute Gasteiger partial charge is 0.416 e. The molecule has 2 rings (SSSR count). The second kappa shape index (κ2) is 6.04. The van der Waals surface area contributed by atoms with Crippen molar-refractivity contribution in [3.8, 4) is 0 Å². The van der Waals surface area contributed by atoms with Crippen molar-refractivity contribution in [2.24, 2.45) is 0 Å². The average Bonchev–Trinajstić information content (AvgIpc) is 2.46. The molecule has 21 heavy (non-hydrogen) atoms. The maximum Gasteiger partial charge on any atom is 0.416 e. The van der Waals surface area contributed by atoms with E-state index in [2.05, 4.69) is 5.32 Å². The van der Waals surface area contributed by atoms with Gasteiger partial charge >= 0.3 is 6.18 Å². The Labute approximate surface area is 129 Å². The number of benzene rings is 1. The molecule has 2 atom stereocenters. The number of likely N-dealkylation sites (N-methyl/N-ethyl adjacent to an activating group) is 1. The lowest BCUT2D eigenvalue weighted by atomic mass is 9.90. The Morgan fingerprint density at radius 2 is 2.10 bits per heavy atom. The topological polar surface area (TPSA) is 29.1 Å². The number of hydrogen-bond donors (Lipinski definition) is 1. The van der Waals surface area contributed by atoms with Crippen LogP contribution in [0.15, 0.2) is 24.3 Å². The molecule has 0 aromatic heterocycles. The zero-order valence-corrected chi connectivity index (χ0v) is 13.1. The highest BCUT2D eigenvalue weighted by molar-refractivity contribution is 7.90. The minimum absolute atomic E-state index is 0.347.